The summed E-state index contributed by atoms with van der Waals surface area (Å²) in [6.07, 6.45) is 6.92. The van der Waals surface area contributed by atoms with Gasteiger partial charge in [-0.1, -0.05) is 35.2 Å². The van der Waals surface area contributed by atoms with E-state index in [2.05, 4.69) is 31.0 Å². The lowest BCUT2D eigenvalue weighted by Crippen LogP contribution is -2.52. The Kier molecular flexibility index (Phi) is 8.01. The first-order valence-corrected chi connectivity index (χ1v) is 9.52. The van der Waals surface area contributed by atoms with Crippen molar-refractivity contribution in [1.29, 1.82) is 0 Å². The Balaban J connectivity index is 0.00000208. The largest absolute Gasteiger partial charge is 0.325 e. The van der Waals surface area contributed by atoms with Crippen LogP contribution in [0.2, 0.25) is 0 Å². The van der Waals surface area contributed by atoms with Crippen molar-refractivity contribution in [2.75, 3.05) is 38.0 Å². The van der Waals surface area contributed by atoms with Gasteiger partial charge in [-0.25, -0.2) is 0 Å². The quantitative estimate of drug-likeness (QED) is 0.812. The van der Waals surface area contributed by atoms with Gasteiger partial charge in [0.1, 0.15) is 0 Å². The van der Waals surface area contributed by atoms with Crippen LogP contribution >= 0.6 is 28.3 Å². The first kappa shape index (κ1) is 19.7. The Labute approximate surface area is 159 Å². The van der Waals surface area contributed by atoms with E-state index in [0.29, 0.717) is 6.54 Å². The number of benzene rings is 1. The van der Waals surface area contributed by atoms with Crippen LogP contribution in [-0.4, -0.2) is 54.5 Å². The fourth-order valence-corrected chi connectivity index (χ4v) is 3.93. The van der Waals surface area contributed by atoms with Crippen LogP contribution in [0.3, 0.4) is 0 Å². The van der Waals surface area contributed by atoms with Crippen molar-refractivity contribution in [3.05, 3.63) is 28.7 Å². The maximum atomic E-state index is 12.2. The van der Waals surface area contributed by atoms with Gasteiger partial charge in [0.05, 0.1) is 6.54 Å². The topological polar surface area (TPSA) is 35.6 Å². The molecule has 134 valence electrons. The van der Waals surface area contributed by atoms with Gasteiger partial charge in [0, 0.05) is 42.4 Å². The number of hydrogen-bond donors (Lipinski definition) is 1. The lowest BCUT2D eigenvalue weighted by atomic mass is 9.94. The van der Waals surface area contributed by atoms with Gasteiger partial charge in [-0.05, 0) is 37.1 Å². The van der Waals surface area contributed by atoms with Gasteiger partial charge < -0.3 is 5.32 Å². The summed E-state index contributed by atoms with van der Waals surface area (Å²) in [6.45, 7) is 4.72. The number of hydrogen-bond acceptors (Lipinski definition) is 3. The maximum Gasteiger partial charge on any atom is 0.238 e. The number of nitrogens with one attached hydrogen (secondary N) is 1. The molecule has 1 aliphatic carbocycles. The van der Waals surface area contributed by atoms with Gasteiger partial charge in [-0.2, -0.15) is 0 Å². The third-order valence-electron chi connectivity index (χ3n) is 4.99. The number of nitrogens with zero attached hydrogens (tertiary/aromatic N) is 2. The second-order valence-electron chi connectivity index (χ2n) is 6.66. The summed E-state index contributed by atoms with van der Waals surface area (Å²) in [5.74, 6) is 0.0819. The number of rotatable bonds is 4. The Bertz CT molecular complexity index is 512. The van der Waals surface area contributed by atoms with Crippen LogP contribution in [-0.2, 0) is 4.79 Å². The Morgan fingerprint density at radius 3 is 2.29 bits per heavy atom. The summed E-state index contributed by atoms with van der Waals surface area (Å²) >= 11 is 3.40. The Hall–Kier alpha value is -0.620. The average Bonchev–Trinajstić information content (AvgIpc) is 2.58. The number of amides is 1. The highest BCUT2D eigenvalue weighted by atomic mass is 79.9. The maximum absolute atomic E-state index is 12.2. The molecule has 0 atom stereocenters. The average molecular weight is 417 g/mol. The summed E-state index contributed by atoms with van der Waals surface area (Å²) in [6, 6.07) is 8.52. The van der Waals surface area contributed by atoms with E-state index in [0.717, 1.165) is 42.4 Å². The predicted molar refractivity (Wildman–Crippen MR) is 105 cm³/mol. The molecule has 24 heavy (non-hydrogen) atoms. The lowest BCUT2D eigenvalue weighted by molar-refractivity contribution is -0.117. The smallest absolute Gasteiger partial charge is 0.238 e. The zero-order chi connectivity index (χ0) is 16.1. The van der Waals surface area contributed by atoms with Crippen LogP contribution in [0.5, 0.6) is 0 Å². The summed E-state index contributed by atoms with van der Waals surface area (Å²) in [5.41, 5.74) is 0.860. The molecule has 1 aromatic rings. The molecule has 2 fully saturated rings. The normalized spacial score (nSPS) is 20.4. The molecule has 0 unspecified atom stereocenters. The summed E-state index contributed by atoms with van der Waals surface area (Å²) in [7, 11) is 0. The second kappa shape index (κ2) is 9.76. The lowest BCUT2D eigenvalue weighted by Gasteiger charge is -2.40. The van der Waals surface area contributed by atoms with Gasteiger partial charge in [0.15, 0.2) is 0 Å². The van der Waals surface area contributed by atoms with Crippen molar-refractivity contribution in [2.45, 2.75) is 38.1 Å². The summed E-state index contributed by atoms with van der Waals surface area (Å²) in [5, 5.41) is 2.98. The Morgan fingerprint density at radius 1 is 1.04 bits per heavy atom. The zero-order valence-electron chi connectivity index (χ0n) is 14.0. The molecule has 0 bridgehead atoms. The molecule has 0 spiro atoms. The van der Waals surface area contributed by atoms with Crippen molar-refractivity contribution < 1.29 is 4.79 Å². The van der Waals surface area contributed by atoms with E-state index in [9.17, 15) is 4.79 Å². The SMILES string of the molecule is Cl.O=C(CN1CCN(C2CCCCC2)CC1)Nc1ccc(Br)cc1. The first-order chi connectivity index (χ1) is 11.2. The minimum Gasteiger partial charge on any atom is -0.325 e. The molecule has 1 aromatic carbocycles. The fraction of sp³-hybridized carbons (Fsp3) is 0.611. The first-order valence-electron chi connectivity index (χ1n) is 8.72. The molecule has 0 radical (unpaired) electrons. The van der Waals surface area contributed by atoms with E-state index in [-0.39, 0.29) is 18.3 Å². The van der Waals surface area contributed by atoms with E-state index in [1.165, 1.54) is 32.1 Å². The number of halogens is 2. The van der Waals surface area contributed by atoms with E-state index >= 15 is 0 Å². The molecule has 1 saturated heterocycles. The molecule has 2 aliphatic rings. The zero-order valence-corrected chi connectivity index (χ0v) is 16.4. The van der Waals surface area contributed by atoms with E-state index < -0.39 is 0 Å². The van der Waals surface area contributed by atoms with Crippen LogP contribution in [0.1, 0.15) is 32.1 Å². The van der Waals surface area contributed by atoms with Crippen LogP contribution in [0.25, 0.3) is 0 Å². The van der Waals surface area contributed by atoms with Crippen molar-refractivity contribution in [3.63, 3.8) is 0 Å². The fourth-order valence-electron chi connectivity index (χ4n) is 3.67. The highest BCUT2D eigenvalue weighted by molar-refractivity contribution is 9.10. The van der Waals surface area contributed by atoms with Gasteiger partial charge in [0.2, 0.25) is 5.91 Å². The van der Waals surface area contributed by atoms with Crippen molar-refractivity contribution in [3.8, 4) is 0 Å². The highest BCUT2D eigenvalue weighted by Crippen LogP contribution is 2.23. The summed E-state index contributed by atoms with van der Waals surface area (Å²) < 4.78 is 1.02. The number of anilines is 1. The monoisotopic (exact) mass is 415 g/mol. The van der Waals surface area contributed by atoms with Crippen LogP contribution < -0.4 is 5.32 Å². The van der Waals surface area contributed by atoms with Gasteiger partial charge in [-0.15, -0.1) is 12.4 Å². The molecule has 0 aromatic heterocycles. The second-order valence-corrected chi connectivity index (χ2v) is 7.57. The standard InChI is InChI=1S/C18H26BrN3O.ClH/c19-15-6-8-16(9-7-15)20-18(23)14-21-10-12-22(13-11-21)17-4-2-1-3-5-17;/h6-9,17H,1-5,10-14H2,(H,20,23);1H. The molecule has 1 saturated carbocycles. The molecule has 1 N–H and O–H groups in total. The molecule has 4 nitrogen and oxygen atoms in total. The molecule has 3 rings (SSSR count). The van der Waals surface area contributed by atoms with Crippen molar-refractivity contribution >= 4 is 39.9 Å². The van der Waals surface area contributed by atoms with Crippen LogP contribution in [0, 0.1) is 0 Å². The number of piperazine rings is 1. The van der Waals surface area contributed by atoms with Crippen molar-refractivity contribution in [2.24, 2.45) is 0 Å². The molecule has 6 heteroatoms. The predicted octanol–water partition coefficient (Wildman–Crippen LogP) is 3.76. The highest BCUT2D eigenvalue weighted by Gasteiger charge is 2.25. The van der Waals surface area contributed by atoms with E-state index in [1.54, 1.807) is 0 Å². The molecule has 1 amide bonds. The molecular weight excluding hydrogens is 390 g/mol. The number of carbonyl (C=O) groups excluding carboxylic acids is 1. The number of carbonyl (C=O) groups is 1. The van der Waals surface area contributed by atoms with Gasteiger partial charge in [0.25, 0.3) is 0 Å². The molecular formula is C18H27BrClN3O. The van der Waals surface area contributed by atoms with Crippen LogP contribution in [0.15, 0.2) is 28.7 Å². The van der Waals surface area contributed by atoms with E-state index in [1.807, 2.05) is 24.3 Å². The molecule has 1 aliphatic heterocycles. The summed E-state index contributed by atoms with van der Waals surface area (Å²) in [4.78, 5) is 17.1. The molecule has 1 heterocycles. The van der Waals surface area contributed by atoms with E-state index in [4.69, 9.17) is 0 Å². The minimum atomic E-state index is 0. The Morgan fingerprint density at radius 2 is 1.67 bits per heavy atom. The van der Waals surface area contributed by atoms with Gasteiger partial charge in [-0.3, -0.25) is 14.6 Å². The van der Waals surface area contributed by atoms with Crippen LogP contribution in [0.4, 0.5) is 5.69 Å². The third-order valence-corrected chi connectivity index (χ3v) is 5.52. The van der Waals surface area contributed by atoms with Gasteiger partial charge >= 0.3 is 0 Å². The van der Waals surface area contributed by atoms with Crippen molar-refractivity contribution in [1.82, 2.24) is 9.80 Å². The minimum absolute atomic E-state index is 0. The third kappa shape index (κ3) is 5.73.